The van der Waals surface area contributed by atoms with Gasteiger partial charge in [0, 0.05) is 6.61 Å². The van der Waals surface area contributed by atoms with Gasteiger partial charge in [0.2, 0.25) is 0 Å². The van der Waals surface area contributed by atoms with Gasteiger partial charge in [-0.3, -0.25) is 4.79 Å². The molecule has 0 amide bonds. The Bertz CT molecular complexity index is 155. The highest BCUT2D eigenvalue weighted by Gasteiger charge is 2.18. The van der Waals surface area contributed by atoms with E-state index in [1.165, 1.54) is 0 Å². The molecule has 0 radical (unpaired) electrons. The molecule has 1 saturated heterocycles. The molecule has 1 aliphatic rings. The number of rotatable bonds is 2. The zero-order valence-corrected chi connectivity index (χ0v) is 6.88. The average molecular weight is 154 g/mol. The molecule has 1 unspecified atom stereocenters. The fourth-order valence-electron chi connectivity index (χ4n) is 1.24. The third-order valence-corrected chi connectivity index (χ3v) is 1.83. The van der Waals surface area contributed by atoms with Crippen molar-refractivity contribution in [1.29, 1.82) is 0 Å². The van der Waals surface area contributed by atoms with E-state index in [2.05, 4.69) is 0 Å². The van der Waals surface area contributed by atoms with E-state index in [1.54, 1.807) is 12.2 Å². The molecule has 62 valence electrons. The molecule has 1 fully saturated rings. The summed E-state index contributed by atoms with van der Waals surface area (Å²) in [6.07, 6.45) is 6.31. The minimum atomic E-state index is -0.153. The van der Waals surface area contributed by atoms with Crippen molar-refractivity contribution < 1.29 is 9.53 Å². The average Bonchev–Trinajstić information content (AvgIpc) is 2.07. The maximum atomic E-state index is 11.2. The molecule has 1 rings (SSSR count). The van der Waals surface area contributed by atoms with Crippen molar-refractivity contribution in [3.63, 3.8) is 0 Å². The van der Waals surface area contributed by atoms with Gasteiger partial charge >= 0.3 is 0 Å². The molecule has 0 aromatic rings. The van der Waals surface area contributed by atoms with Gasteiger partial charge in [0.15, 0.2) is 5.78 Å². The molecule has 0 bridgehead atoms. The minimum Gasteiger partial charge on any atom is -0.370 e. The number of hydrogen-bond acceptors (Lipinski definition) is 2. The van der Waals surface area contributed by atoms with E-state index < -0.39 is 0 Å². The number of ether oxygens (including phenoxy) is 1. The largest absolute Gasteiger partial charge is 0.370 e. The van der Waals surface area contributed by atoms with Crippen molar-refractivity contribution in [3.05, 3.63) is 12.2 Å². The normalized spacial score (nSPS) is 25.7. The van der Waals surface area contributed by atoms with E-state index in [4.69, 9.17) is 4.74 Å². The Morgan fingerprint density at radius 3 is 2.91 bits per heavy atom. The second kappa shape index (κ2) is 4.29. The number of allylic oxidation sites excluding steroid dienone is 1. The molecule has 0 saturated carbocycles. The predicted octanol–water partition coefficient (Wildman–Crippen LogP) is 1.70. The Hall–Kier alpha value is -0.630. The molecule has 2 nitrogen and oxygen atoms in total. The van der Waals surface area contributed by atoms with Gasteiger partial charge < -0.3 is 4.74 Å². The quantitative estimate of drug-likeness (QED) is 0.566. The summed E-state index contributed by atoms with van der Waals surface area (Å²) in [5.41, 5.74) is 0. The lowest BCUT2D eigenvalue weighted by molar-refractivity contribution is -0.128. The second-order valence-corrected chi connectivity index (χ2v) is 2.76. The van der Waals surface area contributed by atoms with Crippen LogP contribution in [0.3, 0.4) is 0 Å². The molecule has 1 aliphatic heterocycles. The van der Waals surface area contributed by atoms with Crippen molar-refractivity contribution >= 4 is 5.78 Å². The van der Waals surface area contributed by atoms with Crippen LogP contribution in [0.2, 0.25) is 0 Å². The lowest BCUT2D eigenvalue weighted by Crippen LogP contribution is -2.26. The van der Waals surface area contributed by atoms with Gasteiger partial charge in [0.05, 0.1) is 0 Å². The van der Waals surface area contributed by atoms with Gasteiger partial charge in [-0.1, -0.05) is 6.08 Å². The fraction of sp³-hybridized carbons (Fsp3) is 0.667. The molecular weight excluding hydrogens is 140 g/mol. The fourth-order valence-corrected chi connectivity index (χ4v) is 1.24. The highest BCUT2D eigenvalue weighted by atomic mass is 16.5. The van der Waals surface area contributed by atoms with Crippen molar-refractivity contribution in [2.24, 2.45) is 0 Å². The van der Waals surface area contributed by atoms with Gasteiger partial charge in [-0.15, -0.1) is 0 Å². The van der Waals surface area contributed by atoms with Crippen molar-refractivity contribution in [2.75, 3.05) is 6.61 Å². The standard InChI is InChI=1S/C9H14O2/c1-2-5-8(10)9-6-3-4-7-11-9/h2,5,9H,3-4,6-7H2,1H3/b5-2+. The van der Waals surface area contributed by atoms with Crippen LogP contribution in [0.4, 0.5) is 0 Å². The summed E-state index contributed by atoms with van der Waals surface area (Å²) in [4.78, 5) is 11.2. The number of carbonyl (C=O) groups excluding carboxylic acids is 1. The number of hydrogen-bond donors (Lipinski definition) is 0. The van der Waals surface area contributed by atoms with E-state index in [0.29, 0.717) is 0 Å². The molecule has 0 aliphatic carbocycles. The monoisotopic (exact) mass is 154 g/mol. The van der Waals surface area contributed by atoms with Crippen LogP contribution >= 0.6 is 0 Å². The first kappa shape index (κ1) is 8.47. The zero-order chi connectivity index (χ0) is 8.10. The van der Waals surface area contributed by atoms with Crippen LogP contribution in [0, 0.1) is 0 Å². The lowest BCUT2D eigenvalue weighted by atomic mass is 10.1. The molecule has 1 heterocycles. The number of ketones is 1. The van der Waals surface area contributed by atoms with Crippen LogP contribution in [0.1, 0.15) is 26.2 Å². The summed E-state index contributed by atoms with van der Waals surface area (Å²) in [7, 11) is 0. The molecular formula is C9H14O2. The van der Waals surface area contributed by atoms with Gasteiger partial charge in [-0.25, -0.2) is 0 Å². The summed E-state index contributed by atoms with van der Waals surface area (Å²) in [6.45, 7) is 2.59. The molecule has 0 N–H and O–H groups in total. The van der Waals surface area contributed by atoms with Crippen LogP contribution in [-0.2, 0) is 9.53 Å². The van der Waals surface area contributed by atoms with E-state index in [1.807, 2.05) is 6.92 Å². The summed E-state index contributed by atoms with van der Waals surface area (Å²) < 4.78 is 5.29. The third kappa shape index (κ3) is 2.46. The van der Waals surface area contributed by atoms with E-state index >= 15 is 0 Å². The third-order valence-electron chi connectivity index (χ3n) is 1.83. The summed E-state index contributed by atoms with van der Waals surface area (Å²) in [5.74, 6) is 0.118. The van der Waals surface area contributed by atoms with Gasteiger partial charge in [0.25, 0.3) is 0 Å². The highest BCUT2D eigenvalue weighted by Crippen LogP contribution is 2.13. The minimum absolute atomic E-state index is 0.118. The maximum absolute atomic E-state index is 11.2. The van der Waals surface area contributed by atoms with E-state index in [9.17, 15) is 4.79 Å². The Balaban J connectivity index is 2.38. The molecule has 2 heteroatoms. The Morgan fingerprint density at radius 1 is 1.55 bits per heavy atom. The Kier molecular flexibility index (Phi) is 3.30. The first-order valence-electron chi connectivity index (χ1n) is 4.12. The topological polar surface area (TPSA) is 26.3 Å². The maximum Gasteiger partial charge on any atom is 0.184 e. The smallest absolute Gasteiger partial charge is 0.184 e. The molecule has 0 spiro atoms. The predicted molar refractivity (Wildman–Crippen MR) is 43.4 cm³/mol. The van der Waals surface area contributed by atoms with Crippen LogP contribution in [0.25, 0.3) is 0 Å². The van der Waals surface area contributed by atoms with Crippen LogP contribution in [0.15, 0.2) is 12.2 Å². The van der Waals surface area contributed by atoms with Crippen molar-refractivity contribution in [1.82, 2.24) is 0 Å². The van der Waals surface area contributed by atoms with Crippen LogP contribution in [-0.4, -0.2) is 18.5 Å². The summed E-state index contributed by atoms with van der Waals surface area (Å²) in [6, 6.07) is 0. The summed E-state index contributed by atoms with van der Waals surface area (Å²) in [5, 5.41) is 0. The first-order valence-corrected chi connectivity index (χ1v) is 4.12. The van der Waals surface area contributed by atoms with Gasteiger partial charge in [-0.2, -0.15) is 0 Å². The van der Waals surface area contributed by atoms with Crippen LogP contribution in [0.5, 0.6) is 0 Å². The summed E-state index contributed by atoms with van der Waals surface area (Å²) >= 11 is 0. The first-order chi connectivity index (χ1) is 5.34. The van der Waals surface area contributed by atoms with E-state index in [-0.39, 0.29) is 11.9 Å². The Labute approximate surface area is 67.2 Å². The molecule has 11 heavy (non-hydrogen) atoms. The number of carbonyl (C=O) groups is 1. The zero-order valence-electron chi connectivity index (χ0n) is 6.88. The lowest BCUT2D eigenvalue weighted by Gasteiger charge is -2.19. The van der Waals surface area contributed by atoms with Gasteiger partial charge in [0.1, 0.15) is 6.10 Å². The second-order valence-electron chi connectivity index (χ2n) is 2.76. The Morgan fingerprint density at radius 2 is 2.36 bits per heavy atom. The van der Waals surface area contributed by atoms with Crippen molar-refractivity contribution in [3.8, 4) is 0 Å². The molecule has 1 atom stereocenters. The molecule has 0 aromatic carbocycles. The highest BCUT2D eigenvalue weighted by molar-refractivity contribution is 5.93. The van der Waals surface area contributed by atoms with E-state index in [0.717, 1.165) is 25.9 Å². The SMILES string of the molecule is C/C=C/C(=O)C1CCCCO1. The van der Waals surface area contributed by atoms with Crippen LogP contribution < -0.4 is 0 Å². The molecule has 0 aromatic heterocycles. The van der Waals surface area contributed by atoms with Crippen molar-refractivity contribution in [2.45, 2.75) is 32.3 Å². The van der Waals surface area contributed by atoms with Gasteiger partial charge in [-0.05, 0) is 32.3 Å².